The van der Waals surface area contributed by atoms with Crippen LogP contribution in [0.3, 0.4) is 0 Å². The monoisotopic (exact) mass is 315 g/mol. The van der Waals surface area contributed by atoms with E-state index in [2.05, 4.69) is 20.0 Å². The number of hydrogen-bond acceptors (Lipinski definition) is 4. The van der Waals surface area contributed by atoms with Gasteiger partial charge in [-0.3, -0.25) is 0 Å². The van der Waals surface area contributed by atoms with Crippen molar-refractivity contribution < 1.29 is 13.5 Å². The van der Waals surface area contributed by atoms with E-state index >= 15 is 0 Å². The predicted molar refractivity (Wildman–Crippen MR) is 84.7 cm³/mol. The van der Waals surface area contributed by atoms with E-state index in [4.69, 9.17) is 0 Å². The molecule has 1 heterocycles. The van der Waals surface area contributed by atoms with Crippen molar-refractivity contribution in [2.75, 3.05) is 5.32 Å². The molecule has 0 unspecified atom stereocenters. The number of aromatic nitrogens is 2. The minimum Gasteiger partial charge on any atom is -0.434 e. The Morgan fingerprint density at radius 2 is 1.65 bits per heavy atom. The zero-order valence-corrected chi connectivity index (χ0v) is 12.5. The predicted octanol–water partition coefficient (Wildman–Crippen LogP) is 4.15. The first-order valence-corrected chi connectivity index (χ1v) is 7.13. The molecular weight excluding hydrogens is 300 g/mol. The number of aryl methyl sites for hydroxylation is 1. The molecule has 0 aliphatic heterocycles. The smallest absolute Gasteiger partial charge is 0.387 e. The van der Waals surface area contributed by atoms with Gasteiger partial charge in [0.05, 0.1) is 16.7 Å². The van der Waals surface area contributed by atoms with Crippen molar-refractivity contribution in [1.29, 1.82) is 0 Å². The molecule has 0 radical (unpaired) electrons. The molecule has 118 valence electrons. The van der Waals surface area contributed by atoms with Crippen LogP contribution in [0, 0.1) is 6.92 Å². The third-order valence-electron chi connectivity index (χ3n) is 3.38. The molecule has 0 aliphatic rings. The van der Waals surface area contributed by atoms with Crippen molar-refractivity contribution in [2.45, 2.75) is 20.1 Å². The van der Waals surface area contributed by atoms with Crippen molar-refractivity contribution >= 4 is 16.9 Å². The van der Waals surface area contributed by atoms with Crippen LogP contribution in [0.4, 0.5) is 14.6 Å². The maximum absolute atomic E-state index is 12.4. The zero-order chi connectivity index (χ0) is 16.2. The van der Waals surface area contributed by atoms with Gasteiger partial charge in [0.25, 0.3) is 0 Å². The van der Waals surface area contributed by atoms with Crippen molar-refractivity contribution in [3.05, 3.63) is 59.8 Å². The Balaban J connectivity index is 1.82. The second-order valence-electron chi connectivity index (χ2n) is 4.99. The molecule has 0 spiro atoms. The molecule has 0 bridgehead atoms. The molecule has 0 amide bonds. The molecule has 1 N–H and O–H groups in total. The van der Waals surface area contributed by atoms with Gasteiger partial charge in [-0.15, -0.1) is 0 Å². The molecule has 3 rings (SSSR count). The maximum Gasteiger partial charge on any atom is 0.387 e. The highest BCUT2D eigenvalue weighted by Gasteiger charge is 2.10. The second-order valence-corrected chi connectivity index (χ2v) is 4.99. The van der Waals surface area contributed by atoms with Gasteiger partial charge in [0.15, 0.2) is 0 Å². The van der Waals surface area contributed by atoms with Gasteiger partial charge in [-0.2, -0.15) is 8.78 Å². The molecular formula is C17H15F2N3O. The average molecular weight is 315 g/mol. The fraction of sp³-hybridized carbons (Fsp3) is 0.176. The summed E-state index contributed by atoms with van der Waals surface area (Å²) in [7, 11) is 0. The van der Waals surface area contributed by atoms with Crippen molar-refractivity contribution in [3.8, 4) is 5.75 Å². The Kier molecular flexibility index (Phi) is 4.32. The van der Waals surface area contributed by atoms with Gasteiger partial charge in [0, 0.05) is 12.1 Å². The van der Waals surface area contributed by atoms with Gasteiger partial charge in [0.2, 0.25) is 0 Å². The van der Waals surface area contributed by atoms with Gasteiger partial charge in [-0.1, -0.05) is 30.3 Å². The first-order chi connectivity index (χ1) is 11.1. The van der Waals surface area contributed by atoms with Crippen LogP contribution >= 0.6 is 0 Å². The number of hydrogen-bond donors (Lipinski definition) is 1. The summed E-state index contributed by atoms with van der Waals surface area (Å²) in [5.74, 6) is 0.775. The number of alkyl halides is 2. The number of anilines is 1. The summed E-state index contributed by atoms with van der Waals surface area (Å²) in [6.07, 6.45) is 0. The van der Waals surface area contributed by atoms with Gasteiger partial charge >= 0.3 is 6.61 Å². The van der Waals surface area contributed by atoms with Crippen LogP contribution in [0.15, 0.2) is 48.5 Å². The molecule has 0 aliphatic carbocycles. The zero-order valence-electron chi connectivity index (χ0n) is 12.5. The maximum atomic E-state index is 12.4. The molecule has 4 nitrogen and oxygen atoms in total. The van der Waals surface area contributed by atoms with Gasteiger partial charge in [-0.05, 0) is 25.1 Å². The van der Waals surface area contributed by atoms with Crippen LogP contribution < -0.4 is 10.1 Å². The van der Waals surface area contributed by atoms with E-state index in [0.29, 0.717) is 17.9 Å². The summed E-state index contributed by atoms with van der Waals surface area (Å²) in [5.41, 5.74) is 2.97. The highest BCUT2D eigenvalue weighted by molar-refractivity contribution is 5.76. The Hall–Kier alpha value is -2.76. The summed E-state index contributed by atoms with van der Waals surface area (Å²) < 4.78 is 29.4. The average Bonchev–Trinajstić information content (AvgIpc) is 2.53. The molecule has 23 heavy (non-hydrogen) atoms. The van der Waals surface area contributed by atoms with E-state index in [1.165, 1.54) is 6.07 Å². The van der Waals surface area contributed by atoms with E-state index in [-0.39, 0.29) is 5.75 Å². The number of fused-ring (bicyclic) bond motifs is 1. The summed E-state index contributed by atoms with van der Waals surface area (Å²) in [6.45, 7) is -0.682. The highest BCUT2D eigenvalue weighted by Crippen LogP contribution is 2.22. The number of ether oxygens (including phenoxy) is 1. The normalized spacial score (nSPS) is 11.0. The first-order valence-electron chi connectivity index (χ1n) is 7.13. The van der Waals surface area contributed by atoms with Crippen LogP contribution in [0.5, 0.6) is 5.75 Å². The lowest BCUT2D eigenvalue weighted by Crippen LogP contribution is -2.09. The summed E-state index contributed by atoms with van der Waals surface area (Å²) in [4.78, 5) is 9.00. The molecule has 1 aromatic heterocycles. The van der Waals surface area contributed by atoms with Crippen molar-refractivity contribution in [2.24, 2.45) is 0 Å². The summed E-state index contributed by atoms with van der Waals surface area (Å²) in [5, 5.41) is 3.14. The standard InChI is InChI=1S/C17H15F2N3O/c1-11-16(22-14-8-4-3-7-13(14)21-11)20-10-12-6-2-5-9-15(12)23-17(18)19/h2-9,17H,10H2,1H3,(H,20,22). The topological polar surface area (TPSA) is 47.0 Å². The number of para-hydroxylation sites is 3. The van der Waals surface area contributed by atoms with Crippen LogP contribution in [-0.4, -0.2) is 16.6 Å². The number of benzene rings is 2. The van der Waals surface area contributed by atoms with Crippen LogP contribution in [0.2, 0.25) is 0 Å². The fourth-order valence-corrected chi connectivity index (χ4v) is 2.30. The van der Waals surface area contributed by atoms with E-state index < -0.39 is 6.61 Å². The highest BCUT2D eigenvalue weighted by atomic mass is 19.3. The SMILES string of the molecule is Cc1nc2ccccc2nc1NCc1ccccc1OC(F)F. The molecule has 6 heteroatoms. The minimum absolute atomic E-state index is 0.154. The Morgan fingerprint density at radius 3 is 2.39 bits per heavy atom. The Labute approximate surface area is 132 Å². The van der Waals surface area contributed by atoms with Gasteiger partial charge in [-0.25, -0.2) is 9.97 Å². The van der Waals surface area contributed by atoms with Crippen LogP contribution in [0.1, 0.15) is 11.3 Å². The lowest BCUT2D eigenvalue weighted by atomic mass is 10.2. The van der Waals surface area contributed by atoms with Crippen LogP contribution in [-0.2, 0) is 6.54 Å². The molecule has 0 saturated carbocycles. The van der Waals surface area contributed by atoms with E-state index in [1.807, 2.05) is 31.2 Å². The molecule has 2 aromatic carbocycles. The minimum atomic E-state index is -2.85. The van der Waals surface area contributed by atoms with Crippen molar-refractivity contribution in [1.82, 2.24) is 9.97 Å². The third kappa shape index (κ3) is 3.53. The molecule has 0 saturated heterocycles. The number of nitrogens with zero attached hydrogens (tertiary/aromatic N) is 2. The molecule has 3 aromatic rings. The number of rotatable bonds is 5. The van der Waals surface area contributed by atoms with Gasteiger partial charge in [0.1, 0.15) is 11.6 Å². The molecule has 0 atom stereocenters. The molecule has 0 fully saturated rings. The third-order valence-corrected chi connectivity index (χ3v) is 3.38. The lowest BCUT2D eigenvalue weighted by Gasteiger charge is -2.13. The summed E-state index contributed by atoms with van der Waals surface area (Å²) >= 11 is 0. The van der Waals surface area contributed by atoms with E-state index in [0.717, 1.165) is 16.7 Å². The Morgan fingerprint density at radius 1 is 1.00 bits per heavy atom. The lowest BCUT2D eigenvalue weighted by molar-refractivity contribution is -0.0504. The second kappa shape index (κ2) is 6.56. The van der Waals surface area contributed by atoms with Gasteiger partial charge < -0.3 is 10.1 Å². The van der Waals surface area contributed by atoms with E-state index in [9.17, 15) is 8.78 Å². The Bertz CT molecular complexity index is 824. The van der Waals surface area contributed by atoms with Crippen molar-refractivity contribution in [3.63, 3.8) is 0 Å². The van der Waals surface area contributed by atoms with E-state index in [1.54, 1.807) is 18.2 Å². The number of halogens is 2. The first kappa shape index (κ1) is 15.1. The largest absolute Gasteiger partial charge is 0.434 e. The van der Waals surface area contributed by atoms with Crippen LogP contribution in [0.25, 0.3) is 11.0 Å². The summed E-state index contributed by atoms with van der Waals surface area (Å²) in [6, 6.07) is 14.2. The quantitative estimate of drug-likeness (QED) is 0.768. The number of nitrogens with one attached hydrogen (secondary N) is 1. The fourth-order valence-electron chi connectivity index (χ4n) is 2.30.